The maximum absolute atomic E-state index is 13.1. The molecular weight excluding hydrogens is 381 g/mol. The van der Waals surface area contributed by atoms with Gasteiger partial charge in [0.2, 0.25) is 0 Å². The number of nitrogens with one attached hydrogen (secondary N) is 1. The fourth-order valence-electron chi connectivity index (χ4n) is 3.75. The molecule has 1 amide bonds. The zero-order valence-corrected chi connectivity index (χ0v) is 16.3. The van der Waals surface area contributed by atoms with Crippen LogP contribution in [-0.4, -0.2) is 25.2 Å². The van der Waals surface area contributed by atoms with Crippen LogP contribution in [0, 0.1) is 5.82 Å². The molecule has 150 valence electrons. The number of hydrogen-bond acceptors (Lipinski definition) is 3. The van der Waals surface area contributed by atoms with Crippen molar-refractivity contribution in [2.75, 3.05) is 5.32 Å². The molecule has 5 rings (SSSR count). The molecule has 0 fully saturated rings. The van der Waals surface area contributed by atoms with Gasteiger partial charge in [0.1, 0.15) is 11.6 Å². The van der Waals surface area contributed by atoms with E-state index in [1.54, 1.807) is 29.1 Å². The predicted molar refractivity (Wildman–Crippen MR) is 112 cm³/mol. The predicted octanol–water partition coefficient (Wildman–Crippen LogP) is 4.46. The van der Waals surface area contributed by atoms with Gasteiger partial charge in [-0.1, -0.05) is 0 Å². The highest BCUT2D eigenvalue weighted by atomic mass is 19.1. The van der Waals surface area contributed by atoms with Gasteiger partial charge in [-0.3, -0.25) is 4.79 Å². The van der Waals surface area contributed by atoms with E-state index in [0.717, 1.165) is 24.4 Å². The summed E-state index contributed by atoms with van der Waals surface area (Å²) in [5, 5.41) is 7.15. The number of carbonyl (C=O) groups excluding carboxylic acids is 1. The zero-order valence-electron chi connectivity index (χ0n) is 16.3. The lowest BCUT2D eigenvalue weighted by molar-refractivity contribution is 0.102. The fraction of sp³-hybridized carbons (Fsp3) is 0.174. The molecule has 1 aliphatic rings. The van der Waals surface area contributed by atoms with Crippen LogP contribution in [0.3, 0.4) is 0 Å². The number of benzene rings is 2. The Hall–Kier alpha value is -3.74. The molecule has 0 spiro atoms. The summed E-state index contributed by atoms with van der Waals surface area (Å²) in [6, 6.07) is 15.2. The van der Waals surface area contributed by atoms with Crippen LogP contribution >= 0.6 is 0 Å². The number of aryl methyl sites for hydroxylation is 1. The molecule has 0 bridgehead atoms. The van der Waals surface area contributed by atoms with Gasteiger partial charge in [0.15, 0.2) is 5.69 Å². The smallest absolute Gasteiger partial charge is 0.276 e. The maximum atomic E-state index is 13.1. The summed E-state index contributed by atoms with van der Waals surface area (Å²) in [4.78, 5) is 17.1. The second-order valence-electron chi connectivity index (χ2n) is 7.34. The molecular formula is C23H20FN5O. The fourth-order valence-corrected chi connectivity index (χ4v) is 3.75. The van der Waals surface area contributed by atoms with Gasteiger partial charge in [0.25, 0.3) is 5.91 Å². The molecule has 4 aromatic rings. The molecule has 0 saturated heterocycles. The van der Waals surface area contributed by atoms with Gasteiger partial charge in [-0.25, -0.2) is 14.1 Å². The molecule has 1 aliphatic heterocycles. The van der Waals surface area contributed by atoms with Crippen molar-refractivity contribution in [3.8, 4) is 17.1 Å². The normalized spacial score (nSPS) is 13.1. The number of anilines is 1. The number of carbonyl (C=O) groups is 1. The maximum Gasteiger partial charge on any atom is 0.276 e. The zero-order chi connectivity index (χ0) is 20.5. The molecule has 6 nitrogen and oxygen atoms in total. The van der Waals surface area contributed by atoms with E-state index >= 15 is 0 Å². The lowest BCUT2D eigenvalue weighted by Gasteiger charge is -2.16. The molecule has 30 heavy (non-hydrogen) atoms. The first-order chi connectivity index (χ1) is 14.7. The van der Waals surface area contributed by atoms with E-state index in [-0.39, 0.29) is 17.4 Å². The number of amides is 1. The van der Waals surface area contributed by atoms with Crippen LogP contribution in [-0.2, 0) is 13.0 Å². The highest BCUT2D eigenvalue weighted by Crippen LogP contribution is 2.25. The highest BCUT2D eigenvalue weighted by molar-refractivity contribution is 6.02. The molecule has 0 atom stereocenters. The topological polar surface area (TPSA) is 64.7 Å². The number of rotatable bonds is 4. The first-order valence-electron chi connectivity index (χ1n) is 9.95. The van der Waals surface area contributed by atoms with Crippen molar-refractivity contribution < 1.29 is 9.18 Å². The van der Waals surface area contributed by atoms with Crippen LogP contribution in [0.25, 0.3) is 17.1 Å². The van der Waals surface area contributed by atoms with Gasteiger partial charge < -0.3 is 9.88 Å². The van der Waals surface area contributed by atoms with Crippen molar-refractivity contribution in [1.82, 2.24) is 19.3 Å². The number of hydrogen-bond donors (Lipinski definition) is 1. The van der Waals surface area contributed by atoms with Crippen molar-refractivity contribution in [2.24, 2.45) is 0 Å². The molecule has 0 saturated carbocycles. The van der Waals surface area contributed by atoms with Gasteiger partial charge in [-0.05, 0) is 73.9 Å². The molecule has 1 N–H and O–H groups in total. The van der Waals surface area contributed by atoms with Gasteiger partial charge in [-0.2, -0.15) is 5.10 Å². The van der Waals surface area contributed by atoms with Crippen molar-refractivity contribution in [1.29, 1.82) is 0 Å². The third-order valence-corrected chi connectivity index (χ3v) is 5.32. The second-order valence-corrected chi connectivity index (χ2v) is 7.34. The van der Waals surface area contributed by atoms with Crippen LogP contribution in [0.15, 0.2) is 67.0 Å². The monoisotopic (exact) mass is 401 g/mol. The Morgan fingerprint density at radius 1 is 1.00 bits per heavy atom. The van der Waals surface area contributed by atoms with E-state index < -0.39 is 0 Å². The average molecular weight is 401 g/mol. The van der Waals surface area contributed by atoms with Crippen molar-refractivity contribution >= 4 is 11.6 Å². The number of halogens is 1. The Morgan fingerprint density at radius 2 is 1.80 bits per heavy atom. The third-order valence-electron chi connectivity index (χ3n) is 5.32. The Kier molecular flexibility index (Phi) is 4.63. The molecule has 2 aromatic carbocycles. The largest absolute Gasteiger partial charge is 0.328 e. The highest BCUT2D eigenvalue weighted by Gasteiger charge is 2.15. The standard InChI is InChI=1S/C23H20FN5O/c24-17-6-10-19(11-7-17)29-14-12-21(27-29)23(30)26-18-8-4-16(5-9-18)22-25-15-20-3-1-2-13-28(20)22/h4-12,14-15H,1-3,13H2,(H,26,30). The van der Waals surface area contributed by atoms with E-state index in [9.17, 15) is 9.18 Å². The summed E-state index contributed by atoms with van der Waals surface area (Å²) >= 11 is 0. The first kappa shape index (κ1) is 18.3. The lowest BCUT2D eigenvalue weighted by atomic mass is 10.1. The molecule has 0 aliphatic carbocycles. The van der Waals surface area contributed by atoms with Crippen LogP contribution in [0.4, 0.5) is 10.1 Å². The van der Waals surface area contributed by atoms with Crippen molar-refractivity contribution in [3.05, 3.63) is 84.2 Å². The van der Waals surface area contributed by atoms with Gasteiger partial charge in [0, 0.05) is 35.9 Å². The summed E-state index contributed by atoms with van der Waals surface area (Å²) in [5.41, 5.74) is 3.96. The van der Waals surface area contributed by atoms with E-state index in [0.29, 0.717) is 11.4 Å². The van der Waals surface area contributed by atoms with E-state index in [1.165, 1.54) is 30.7 Å². The number of aromatic nitrogens is 4. The molecule has 0 radical (unpaired) electrons. The molecule has 0 unspecified atom stereocenters. The molecule has 3 heterocycles. The SMILES string of the molecule is O=C(Nc1ccc(-c2ncc3n2CCCC3)cc1)c1ccn(-c2ccc(F)cc2)n1. The number of imidazole rings is 1. The van der Waals surface area contributed by atoms with Crippen molar-refractivity contribution in [3.63, 3.8) is 0 Å². The first-order valence-corrected chi connectivity index (χ1v) is 9.95. The minimum Gasteiger partial charge on any atom is -0.328 e. The third kappa shape index (κ3) is 3.50. The Labute approximate surface area is 173 Å². The Balaban J connectivity index is 1.30. The number of fused-ring (bicyclic) bond motifs is 1. The van der Waals surface area contributed by atoms with Gasteiger partial charge in [0.05, 0.1) is 5.69 Å². The van der Waals surface area contributed by atoms with Crippen molar-refractivity contribution in [2.45, 2.75) is 25.8 Å². The van der Waals surface area contributed by atoms with Crippen LogP contribution < -0.4 is 5.32 Å². The lowest BCUT2D eigenvalue weighted by Crippen LogP contribution is -2.13. The minimum atomic E-state index is -0.317. The van der Waals surface area contributed by atoms with Gasteiger partial charge >= 0.3 is 0 Å². The van der Waals surface area contributed by atoms with E-state index in [4.69, 9.17) is 0 Å². The van der Waals surface area contributed by atoms with E-state index in [1.807, 2.05) is 30.5 Å². The van der Waals surface area contributed by atoms with Crippen LogP contribution in [0.2, 0.25) is 0 Å². The Morgan fingerprint density at radius 3 is 2.60 bits per heavy atom. The summed E-state index contributed by atoms with van der Waals surface area (Å²) in [7, 11) is 0. The summed E-state index contributed by atoms with van der Waals surface area (Å²) in [6.45, 7) is 1.000. The van der Waals surface area contributed by atoms with Gasteiger partial charge in [-0.15, -0.1) is 0 Å². The quantitative estimate of drug-likeness (QED) is 0.549. The van der Waals surface area contributed by atoms with E-state index in [2.05, 4.69) is 20.0 Å². The summed E-state index contributed by atoms with van der Waals surface area (Å²) < 4.78 is 16.9. The number of nitrogens with zero attached hydrogens (tertiary/aromatic N) is 4. The molecule has 2 aromatic heterocycles. The summed E-state index contributed by atoms with van der Waals surface area (Å²) in [5.74, 6) is 0.352. The Bertz CT molecular complexity index is 1190. The van der Waals surface area contributed by atoms with Crippen LogP contribution in [0.5, 0.6) is 0 Å². The average Bonchev–Trinajstić information content (AvgIpc) is 3.43. The van der Waals surface area contributed by atoms with Crippen LogP contribution in [0.1, 0.15) is 29.0 Å². The minimum absolute atomic E-state index is 0.283. The molecule has 7 heteroatoms. The summed E-state index contributed by atoms with van der Waals surface area (Å²) in [6.07, 6.45) is 7.10. The second kappa shape index (κ2) is 7.59.